The minimum Gasteiger partial charge on any atom is -0.474 e. The molecular weight excluding hydrogens is 474 g/mol. The fourth-order valence-electron chi connectivity index (χ4n) is 3.75. The van der Waals surface area contributed by atoms with Gasteiger partial charge in [0.1, 0.15) is 23.8 Å². The minimum absolute atomic E-state index is 0.0178. The summed E-state index contributed by atoms with van der Waals surface area (Å²) < 4.78 is 38.9. The van der Waals surface area contributed by atoms with E-state index >= 15 is 0 Å². The number of aromatic nitrogens is 2. The van der Waals surface area contributed by atoms with Crippen molar-refractivity contribution in [2.75, 3.05) is 26.3 Å². The van der Waals surface area contributed by atoms with E-state index in [0.717, 1.165) is 5.56 Å². The maximum atomic E-state index is 12.3. The smallest absolute Gasteiger partial charge is 0.410 e. The fraction of sp³-hybridized carbons (Fsp3) is 0.542. The van der Waals surface area contributed by atoms with Crippen LogP contribution in [-0.4, -0.2) is 63.2 Å². The molecule has 35 heavy (non-hydrogen) atoms. The van der Waals surface area contributed by atoms with Crippen LogP contribution in [-0.2, 0) is 24.5 Å². The summed E-state index contributed by atoms with van der Waals surface area (Å²) in [5.74, 6) is 1.51. The number of nitrogens with zero attached hydrogens (tertiary/aromatic N) is 3. The zero-order chi connectivity index (χ0) is 25.0. The lowest BCUT2D eigenvalue weighted by Gasteiger charge is -2.33. The van der Waals surface area contributed by atoms with Gasteiger partial charge >= 0.3 is 17.5 Å². The summed E-state index contributed by atoms with van der Waals surface area (Å²) in [6.45, 7) is 9.24. The van der Waals surface area contributed by atoms with Crippen LogP contribution in [0.1, 0.15) is 50.7 Å². The first-order valence-electron chi connectivity index (χ1n) is 11.6. The van der Waals surface area contributed by atoms with Crippen molar-refractivity contribution in [2.45, 2.75) is 58.2 Å². The summed E-state index contributed by atoms with van der Waals surface area (Å²) in [6.07, 6.45) is 2.42. The van der Waals surface area contributed by atoms with Crippen molar-refractivity contribution < 1.29 is 31.6 Å². The van der Waals surface area contributed by atoms with E-state index in [4.69, 9.17) is 22.6 Å². The first-order chi connectivity index (χ1) is 16.7. The van der Waals surface area contributed by atoms with Crippen molar-refractivity contribution in [1.29, 1.82) is 0 Å². The summed E-state index contributed by atoms with van der Waals surface area (Å²) in [5, 5.41) is 0. The molecule has 0 spiro atoms. The van der Waals surface area contributed by atoms with Gasteiger partial charge in [-0.25, -0.2) is 14.8 Å². The molecule has 2 fully saturated rings. The number of rotatable bonds is 5. The van der Waals surface area contributed by atoms with Gasteiger partial charge in [0.15, 0.2) is 0 Å². The van der Waals surface area contributed by atoms with E-state index in [1.807, 2.05) is 52.0 Å². The molecule has 0 radical (unpaired) electrons. The van der Waals surface area contributed by atoms with Gasteiger partial charge in [-0.05, 0) is 45.4 Å². The highest BCUT2D eigenvalue weighted by Crippen LogP contribution is 2.30. The first kappa shape index (κ1) is 25.3. The Labute approximate surface area is 207 Å². The molecule has 10 nitrogen and oxygen atoms in total. The monoisotopic (exact) mass is 505 g/mol. The van der Waals surface area contributed by atoms with E-state index in [2.05, 4.69) is 9.97 Å². The third-order valence-electron chi connectivity index (χ3n) is 5.66. The first-order valence-corrected chi connectivity index (χ1v) is 12.6. The Balaban J connectivity index is 1.33. The zero-order valence-electron chi connectivity index (χ0n) is 20.4. The quantitative estimate of drug-likeness (QED) is 0.594. The van der Waals surface area contributed by atoms with Crippen LogP contribution in [0.4, 0.5) is 4.79 Å². The number of hydrogen-bond acceptors (Lipinski definition) is 9. The third-order valence-corrected chi connectivity index (χ3v) is 6.32. The Morgan fingerprint density at radius 3 is 2.31 bits per heavy atom. The molecule has 0 bridgehead atoms. The van der Waals surface area contributed by atoms with Crippen molar-refractivity contribution in [2.24, 2.45) is 0 Å². The standard InChI is InChI=1S/C24H31N3O7S/c1-16-21(32-19-7-5-17(6-8-19)18-13-30-35(29)31-14-18)25-15-26-22(16)33-20-9-11-27(12-10-20)23(28)34-24(2,3)4/h5-8,15,18,20H,9-14H2,1-4H3/t18-,35-. The predicted octanol–water partition coefficient (Wildman–Crippen LogP) is 4.06. The summed E-state index contributed by atoms with van der Waals surface area (Å²) >= 11 is -1.66. The van der Waals surface area contributed by atoms with E-state index in [-0.39, 0.29) is 18.1 Å². The van der Waals surface area contributed by atoms with Crippen molar-refractivity contribution in [1.82, 2.24) is 14.9 Å². The highest BCUT2D eigenvalue weighted by atomic mass is 32.2. The molecule has 0 aliphatic carbocycles. The van der Waals surface area contributed by atoms with Gasteiger partial charge in [0.2, 0.25) is 11.8 Å². The lowest BCUT2D eigenvalue weighted by molar-refractivity contribution is 0.0122. The molecule has 0 N–H and O–H groups in total. The Bertz CT molecular complexity index is 1040. The number of carbonyl (C=O) groups excluding carboxylic acids is 1. The number of hydrogen-bond donors (Lipinski definition) is 0. The molecule has 1 amide bonds. The Morgan fingerprint density at radius 2 is 1.69 bits per heavy atom. The normalized spacial score (nSPS) is 21.4. The Hall–Kier alpha value is -2.76. The fourth-order valence-corrected chi connectivity index (χ4v) is 4.37. The van der Waals surface area contributed by atoms with Crippen LogP contribution in [0.2, 0.25) is 0 Å². The second kappa shape index (κ2) is 10.9. The van der Waals surface area contributed by atoms with Crippen molar-refractivity contribution in [3.05, 3.63) is 41.7 Å². The van der Waals surface area contributed by atoms with E-state index in [1.54, 1.807) is 4.90 Å². The lowest BCUT2D eigenvalue weighted by atomic mass is 10.0. The van der Waals surface area contributed by atoms with Crippen LogP contribution in [0.25, 0.3) is 0 Å². The van der Waals surface area contributed by atoms with Gasteiger partial charge in [-0.1, -0.05) is 12.1 Å². The second-order valence-electron chi connectivity index (χ2n) is 9.53. The number of ether oxygens (including phenoxy) is 3. The highest BCUT2D eigenvalue weighted by Gasteiger charge is 2.28. The van der Waals surface area contributed by atoms with E-state index in [1.165, 1.54) is 6.33 Å². The SMILES string of the molecule is Cc1c(Oc2ccc([C@H]3CO[S@](=O)OC3)cc2)ncnc1OC1CCN(C(=O)OC(C)(C)C)CC1. The zero-order valence-corrected chi connectivity index (χ0v) is 21.2. The molecule has 2 aliphatic heterocycles. The summed E-state index contributed by atoms with van der Waals surface area (Å²) in [5.41, 5.74) is 1.19. The number of benzene rings is 1. The van der Waals surface area contributed by atoms with Gasteiger partial charge in [-0.2, -0.15) is 4.21 Å². The molecule has 1 aromatic heterocycles. The molecule has 0 atom stereocenters. The largest absolute Gasteiger partial charge is 0.474 e. The van der Waals surface area contributed by atoms with E-state index in [0.29, 0.717) is 62.2 Å². The average Bonchev–Trinajstić information content (AvgIpc) is 2.82. The number of likely N-dealkylation sites (tertiary alicyclic amines) is 1. The van der Waals surface area contributed by atoms with Crippen LogP contribution in [0.3, 0.4) is 0 Å². The number of carbonyl (C=O) groups is 1. The highest BCUT2D eigenvalue weighted by molar-refractivity contribution is 7.75. The maximum absolute atomic E-state index is 12.3. The average molecular weight is 506 g/mol. The molecule has 2 aromatic rings. The van der Waals surface area contributed by atoms with Crippen molar-refractivity contribution in [3.63, 3.8) is 0 Å². The molecule has 0 unspecified atom stereocenters. The van der Waals surface area contributed by atoms with Crippen molar-refractivity contribution >= 4 is 17.5 Å². The van der Waals surface area contributed by atoms with Crippen molar-refractivity contribution in [3.8, 4) is 17.5 Å². The van der Waals surface area contributed by atoms with E-state index in [9.17, 15) is 9.00 Å². The van der Waals surface area contributed by atoms with Crippen LogP contribution in [0, 0.1) is 6.92 Å². The van der Waals surface area contributed by atoms with Gasteiger partial charge in [0, 0.05) is 31.8 Å². The molecule has 2 aliphatic rings. The third kappa shape index (κ3) is 6.89. The molecule has 1 aromatic carbocycles. The molecule has 2 saturated heterocycles. The second-order valence-corrected chi connectivity index (χ2v) is 10.4. The van der Waals surface area contributed by atoms with Crippen LogP contribution in [0.15, 0.2) is 30.6 Å². The lowest BCUT2D eigenvalue weighted by Crippen LogP contribution is -2.44. The topological polar surface area (TPSA) is 109 Å². The molecule has 3 heterocycles. The maximum Gasteiger partial charge on any atom is 0.410 e. The Morgan fingerprint density at radius 1 is 1.06 bits per heavy atom. The molecule has 11 heteroatoms. The summed E-state index contributed by atoms with van der Waals surface area (Å²) in [7, 11) is 0. The number of amides is 1. The minimum atomic E-state index is -1.66. The molecular formula is C24H31N3O7S. The number of piperidine rings is 1. The van der Waals surface area contributed by atoms with E-state index < -0.39 is 17.0 Å². The van der Waals surface area contributed by atoms with Gasteiger partial charge < -0.3 is 19.1 Å². The molecule has 0 saturated carbocycles. The van der Waals surface area contributed by atoms with Gasteiger partial charge in [-0.15, -0.1) is 0 Å². The van der Waals surface area contributed by atoms with Crippen LogP contribution < -0.4 is 9.47 Å². The summed E-state index contributed by atoms with van der Waals surface area (Å²) in [4.78, 5) is 22.5. The van der Waals surface area contributed by atoms with Gasteiger partial charge in [0.05, 0.1) is 18.8 Å². The van der Waals surface area contributed by atoms with Gasteiger partial charge in [-0.3, -0.25) is 8.37 Å². The van der Waals surface area contributed by atoms with Crippen LogP contribution >= 0.6 is 0 Å². The molecule has 190 valence electrons. The summed E-state index contributed by atoms with van der Waals surface area (Å²) in [6, 6.07) is 7.53. The molecule has 4 rings (SSSR count). The van der Waals surface area contributed by atoms with Gasteiger partial charge in [0.25, 0.3) is 0 Å². The predicted molar refractivity (Wildman–Crippen MR) is 128 cm³/mol. The van der Waals surface area contributed by atoms with Crippen LogP contribution in [0.5, 0.6) is 17.5 Å². The Kier molecular flexibility index (Phi) is 7.88.